The molecule has 0 fully saturated rings. The van der Waals surface area contributed by atoms with E-state index in [0.717, 1.165) is 5.56 Å². The van der Waals surface area contributed by atoms with Crippen molar-refractivity contribution in [3.63, 3.8) is 0 Å². The molecule has 17 heavy (non-hydrogen) atoms. The summed E-state index contributed by atoms with van der Waals surface area (Å²) in [5.74, 6) is -0.303. The highest BCUT2D eigenvalue weighted by atomic mass is 35.5. The van der Waals surface area contributed by atoms with Crippen LogP contribution in [0.25, 0.3) is 0 Å². The molecule has 3 nitrogen and oxygen atoms in total. The molecule has 1 unspecified atom stereocenters. The summed E-state index contributed by atoms with van der Waals surface area (Å²) in [5.41, 5.74) is 0.305. The van der Waals surface area contributed by atoms with Gasteiger partial charge in [-0.25, -0.2) is 4.79 Å². The maximum absolute atomic E-state index is 12.0. The summed E-state index contributed by atoms with van der Waals surface area (Å²) in [4.78, 5) is 12.0. The number of rotatable bonds is 3. The Morgan fingerprint density at radius 1 is 1.41 bits per heavy atom. The standard InChI is InChI=1S/C13H18ClNO2/c1-13(2,3)17-12(16)11(15-4)9-6-5-7-10(14)8-9/h5-8,11,15H,1-4H3. The molecule has 1 aromatic rings. The third-order valence-corrected chi connectivity index (χ3v) is 2.35. The van der Waals surface area contributed by atoms with Gasteiger partial charge in [-0.05, 0) is 45.5 Å². The quantitative estimate of drug-likeness (QED) is 0.844. The number of likely N-dealkylation sites (N-methyl/N-ethyl adjacent to an activating group) is 1. The highest BCUT2D eigenvalue weighted by Gasteiger charge is 2.25. The van der Waals surface area contributed by atoms with Crippen molar-refractivity contribution < 1.29 is 9.53 Å². The molecule has 0 aliphatic carbocycles. The number of carbonyl (C=O) groups is 1. The average molecular weight is 256 g/mol. The van der Waals surface area contributed by atoms with Crippen molar-refractivity contribution in [1.82, 2.24) is 5.32 Å². The van der Waals surface area contributed by atoms with E-state index in [1.165, 1.54) is 0 Å². The highest BCUT2D eigenvalue weighted by Crippen LogP contribution is 2.21. The molecule has 0 saturated heterocycles. The smallest absolute Gasteiger partial charge is 0.328 e. The number of carbonyl (C=O) groups excluding carboxylic acids is 1. The zero-order chi connectivity index (χ0) is 13.1. The summed E-state index contributed by atoms with van der Waals surface area (Å²) >= 11 is 5.90. The lowest BCUT2D eigenvalue weighted by atomic mass is 10.1. The fourth-order valence-corrected chi connectivity index (χ4v) is 1.67. The third-order valence-electron chi connectivity index (χ3n) is 2.11. The van der Waals surface area contributed by atoms with Gasteiger partial charge >= 0.3 is 5.97 Å². The molecular formula is C13H18ClNO2. The van der Waals surface area contributed by atoms with E-state index in [1.807, 2.05) is 32.9 Å². The molecule has 1 N–H and O–H groups in total. The summed E-state index contributed by atoms with van der Waals surface area (Å²) < 4.78 is 5.34. The first-order valence-corrected chi connectivity index (χ1v) is 5.87. The van der Waals surface area contributed by atoms with Crippen LogP contribution in [0.3, 0.4) is 0 Å². The van der Waals surface area contributed by atoms with E-state index in [4.69, 9.17) is 16.3 Å². The second-order valence-corrected chi connectivity index (χ2v) is 5.25. The summed E-state index contributed by atoms with van der Waals surface area (Å²) in [5, 5.41) is 3.54. The zero-order valence-corrected chi connectivity index (χ0v) is 11.3. The largest absolute Gasteiger partial charge is 0.459 e. The Hall–Kier alpha value is -1.06. The van der Waals surface area contributed by atoms with Gasteiger partial charge in [0.2, 0.25) is 0 Å². The second-order valence-electron chi connectivity index (χ2n) is 4.81. The van der Waals surface area contributed by atoms with E-state index < -0.39 is 11.6 Å². The molecule has 0 heterocycles. The minimum Gasteiger partial charge on any atom is -0.459 e. The molecule has 0 amide bonds. The molecule has 1 rings (SSSR count). The summed E-state index contributed by atoms with van der Waals surface area (Å²) in [6, 6.07) is 6.69. The van der Waals surface area contributed by atoms with E-state index >= 15 is 0 Å². The van der Waals surface area contributed by atoms with Gasteiger partial charge in [0.15, 0.2) is 0 Å². The molecule has 0 aliphatic rings. The molecule has 0 aliphatic heterocycles. The van der Waals surface area contributed by atoms with Crippen LogP contribution < -0.4 is 5.32 Å². The Bertz CT molecular complexity index is 399. The number of esters is 1. The lowest BCUT2D eigenvalue weighted by Gasteiger charge is -2.24. The Morgan fingerprint density at radius 2 is 2.06 bits per heavy atom. The fourth-order valence-electron chi connectivity index (χ4n) is 1.47. The van der Waals surface area contributed by atoms with E-state index in [9.17, 15) is 4.79 Å². The van der Waals surface area contributed by atoms with Crippen molar-refractivity contribution in [2.24, 2.45) is 0 Å². The Morgan fingerprint density at radius 3 is 2.53 bits per heavy atom. The molecule has 0 bridgehead atoms. The summed E-state index contributed by atoms with van der Waals surface area (Å²) in [7, 11) is 1.72. The molecule has 0 saturated carbocycles. The van der Waals surface area contributed by atoms with Crippen LogP contribution in [0.4, 0.5) is 0 Å². The van der Waals surface area contributed by atoms with Crippen LogP contribution in [0, 0.1) is 0 Å². The first-order chi connectivity index (χ1) is 7.83. The SMILES string of the molecule is CNC(C(=O)OC(C)(C)C)c1cccc(Cl)c1. The first-order valence-electron chi connectivity index (χ1n) is 5.49. The van der Waals surface area contributed by atoms with Crippen molar-refractivity contribution in [1.29, 1.82) is 0 Å². The normalized spacial score (nSPS) is 13.2. The van der Waals surface area contributed by atoms with E-state index in [2.05, 4.69) is 5.32 Å². The van der Waals surface area contributed by atoms with Crippen LogP contribution in [-0.2, 0) is 9.53 Å². The predicted molar refractivity (Wildman–Crippen MR) is 69.1 cm³/mol. The van der Waals surface area contributed by atoms with E-state index in [0.29, 0.717) is 5.02 Å². The summed E-state index contributed by atoms with van der Waals surface area (Å²) in [6.07, 6.45) is 0. The number of benzene rings is 1. The number of hydrogen-bond acceptors (Lipinski definition) is 3. The molecule has 0 spiro atoms. The number of halogens is 1. The van der Waals surface area contributed by atoms with Gasteiger partial charge in [0.05, 0.1) is 0 Å². The monoisotopic (exact) mass is 255 g/mol. The molecule has 94 valence electrons. The molecular weight excluding hydrogens is 238 g/mol. The predicted octanol–water partition coefficient (Wildman–Crippen LogP) is 2.94. The van der Waals surface area contributed by atoms with Crippen LogP contribution in [0.15, 0.2) is 24.3 Å². The lowest BCUT2D eigenvalue weighted by molar-refractivity contribution is -0.157. The molecule has 4 heteroatoms. The van der Waals surface area contributed by atoms with Gasteiger partial charge < -0.3 is 10.1 Å². The van der Waals surface area contributed by atoms with Crippen molar-refractivity contribution in [3.05, 3.63) is 34.9 Å². The second kappa shape index (κ2) is 5.52. The topological polar surface area (TPSA) is 38.3 Å². The van der Waals surface area contributed by atoms with Crippen LogP contribution in [-0.4, -0.2) is 18.6 Å². The maximum atomic E-state index is 12.0. The van der Waals surface area contributed by atoms with Crippen molar-refractivity contribution in [2.75, 3.05) is 7.05 Å². The van der Waals surface area contributed by atoms with Gasteiger partial charge in [-0.2, -0.15) is 0 Å². The third kappa shape index (κ3) is 4.36. The van der Waals surface area contributed by atoms with Gasteiger partial charge in [-0.3, -0.25) is 0 Å². The number of nitrogens with one attached hydrogen (secondary N) is 1. The first kappa shape index (κ1) is 14.0. The molecule has 1 aromatic carbocycles. The van der Waals surface area contributed by atoms with Crippen molar-refractivity contribution in [2.45, 2.75) is 32.4 Å². The fraction of sp³-hybridized carbons (Fsp3) is 0.462. The van der Waals surface area contributed by atoms with Crippen molar-refractivity contribution >= 4 is 17.6 Å². The van der Waals surface area contributed by atoms with Crippen LogP contribution in [0.1, 0.15) is 32.4 Å². The van der Waals surface area contributed by atoms with Gasteiger partial charge in [0.1, 0.15) is 11.6 Å². The highest BCUT2D eigenvalue weighted by molar-refractivity contribution is 6.30. The van der Waals surface area contributed by atoms with Crippen LogP contribution >= 0.6 is 11.6 Å². The minimum absolute atomic E-state index is 0.303. The zero-order valence-electron chi connectivity index (χ0n) is 10.6. The average Bonchev–Trinajstić information content (AvgIpc) is 2.15. The van der Waals surface area contributed by atoms with Gasteiger partial charge in [-0.15, -0.1) is 0 Å². The van der Waals surface area contributed by atoms with Gasteiger partial charge in [0.25, 0.3) is 0 Å². The molecule has 1 atom stereocenters. The van der Waals surface area contributed by atoms with Gasteiger partial charge in [-0.1, -0.05) is 23.7 Å². The molecule has 0 radical (unpaired) electrons. The Labute approximate surface area is 107 Å². The number of ether oxygens (including phenoxy) is 1. The van der Waals surface area contributed by atoms with Crippen molar-refractivity contribution in [3.8, 4) is 0 Å². The van der Waals surface area contributed by atoms with E-state index in [1.54, 1.807) is 19.2 Å². The van der Waals surface area contributed by atoms with Crippen LogP contribution in [0.5, 0.6) is 0 Å². The lowest BCUT2D eigenvalue weighted by Crippen LogP contribution is -2.33. The number of hydrogen-bond donors (Lipinski definition) is 1. The van der Waals surface area contributed by atoms with E-state index in [-0.39, 0.29) is 5.97 Å². The maximum Gasteiger partial charge on any atom is 0.328 e. The van der Waals surface area contributed by atoms with Crippen LogP contribution in [0.2, 0.25) is 5.02 Å². The summed E-state index contributed by atoms with van der Waals surface area (Å²) in [6.45, 7) is 5.53. The minimum atomic E-state index is -0.495. The Kier molecular flexibility index (Phi) is 4.54. The Balaban J connectivity index is 2.88. The van der Waals surface area contributed by atoms with Gasteiger partial charge in [0, 0.05) is 5.02 Å². The molecule has 0 aromatic heterocycles.